The van der Waals surface area contributed by atoms with Gasteiger partial charge in [-0.1, -0.05) is 257 Å². The first-order valence-corrected chi connectivity index (χ1v) is 35.9. The van der Waals surface area contributed by atoms with Crippen LogP contribution in [0.5, 0.6) is 0 Å². The lowest BCUT2D eigenvalue weighted by Crippen LogP contribution is -2.66. The van der Waals surface area contributed by atoms with Crippen LogP contribution in [0.4, 0.5) is 0 Å². The third kappa shape index (κ3) is 33.6. The number of aliphatic hydroxyl groups is 11. The number of nitrogens with one attached hydrogen (secondary N) is 1. The van der Waals surface area contributed by atoms with E-state index in [0.29, 0.717) is 12.8 Å². The summed E-state index contributed by atoms with van der Waals surface area (Å²) >= 11 is 0. The van der Waals surface area contributed by atoms with Crippen molar-refractivity contribution in [2.45, 2.75) is 394 Å². The number of unbranched alkanes of at least 4 members (excludes halogenated alkanes) is 38. The molecule has 88 heavy (non-hydrogen) atoms. The summed E-state index contributed by atoms with van der Waals surface area (Å²) in [4.78, 5) is 13.4. The maximum atomic E-state index is 13.4. The second-order valence-electron chi connectivity index (χ2n) is 26.1. The number of hydrogen-bond donors (Lipinski definition) is 12. The molecule has 3 heterocycles. The van der Waals surface area contributed by atoms with Crippen molar-refractivity contribution < 1.29 is 89.4 Å². The number of ether oxygens (including phenoxy) is 6. The highest BCUT2D eigenvalue weighted by Crippen LogP contribution is 2.33. The lowest BCUT2D eigenvalue weighted by molar-refractivity contribution is -0.379. The number of amides is 1. The average molecular weight is 1260 g/mol. The van der Waals surface area contributed by atoms with Gasteiger partial charge in [-0.15, -0.1) is 0 Å². The van der Waals surface area contributed by atoms with Crippen molar-refractivity contribution in [3.05, 3.63) is 12.2 Å². The first-order chi connectivity index (χ1) is 42.8. The summed E-state index contributed by atoms with van der Waals surface area (Å²) in [5.41, 5.74) is 0. The molecule has 0 aromatic heterocycles. The Labute approximate surface area is 531 Å². The molecule has 0 saturated carbocycles. The van der Waals surface area contributed by atoms with Crippen LogP contribution in [0.25, 0.3) is 0 Å². The van der Waals surface area contributed by atoms with Crippen molar-refractivity contribution in [3.63, 3.8) is 0 Å². The molecular weight excluding hydrogens is 1130 g/mol. The molecule has 0 spiro atoms. The molecule has 19 heteroatoms. The van der Waals surface area contributed by atoms with Gasteiger partial charge in [0.25, 0.3) is 0 Å². The van der Waals surface area contributed by atoms with Gasteiger partial charge in [-0.3, -0.25) is 4.79 Å². The maximum Gasteiger partial charge on any atom is 0.220 e. The number of rotatable bonds is 56. The highest BCUT2D eigenvalue weighted by Gasteiger charge is 2.53. The summed E-state index contributed by atoms with van der Waals surface area (Å²) in [6, 6.07) is -0.889. The van der Waals surface area contributed by atoms with E-state index in [1.54, 1.807) is 0 Å². The highest BCUT2D eigenvalue weighted by atomic mass is 16.8. The molecule has 0 radical (unpaired) electrons. The second-order valence-corrected chi connectivity index (χ2v) is 26.1. The fourth-order valence-corrected chi connectivity index (χ4v) is 12.5. The molecule has 19 nitrogen and oxygen atoms in total. The van der Waals surface area contributed by atoms with Gasteiger partial charge in [0.2, 0.25) is 5.91 Å². The molecule has 0 aromatic carbocycles. The molecule has 17 unspecified atom stereocenters. The number of carbonyl (C=O) groups is 1. The topological polar surface area (TPSA) is 307 Å². The average Bonchev–Trinajstić information content (AvgIpc) is 2.85. The van der Waals surface area contributed by atoms with E-state index in [2.05, 4.69) is 31.3 Å². The minimum atomic E-state index is -1.97. The number of carbonyl (C=O) groups excluding carboxylic acids is 1. The molecule has 1 amide bonds. The summed E-state index contributed by atoms with van der Waals surface area (Å²) in [7, 11) is 0. The zero-order valence-electron chi connectivity index (χ0n) is 55.0. The Bertz CT molecular complexity index is 1650. The van der Waals surface area contributed by atoms with Crippen LogP contribution in [0.3, 0.4) is 0 Å². The highest BCUT2D eigenvalue weighted by molar-refractivity contribution is 5.76. The molecule has 0 aromatic rings. The lowest BCUT2D eigenvalue weighted by atomic mass is 9.96. The largest absolute Gasteiger partial charge is 0.394 e. The summed E-state index contributed by atoms with van der Waals surface area (Å²) in [6.07, 6.45) is 30.2. The number of hydrogen-bond acceptors (Lipinski definition) is 18. The Morgan fingerprint density at radius 1 is 0.398 bits per heavy atom. The molecule has 520 valence electrons. The van der Waals surface area contributed by atoms with Gasteiger partial charge in [-0.25, -0.2) is 0 Å². The van der Waals surface area contributed by atoms with Crippen molar-refractivity contribution in [1.82, 2.24) is 5.32 Å². The minimum absolute atomic E-state index is 0.248. The molecule has 17 atom stereocenters. The van der Waals surface area contributed by atoms with Gasteiger partial charge in [-0.2, -0.15) is 0 Å². The number of aliphatic hydroxyl groups excluding tert-OH is 11. The van der Waals surface area contributed by atoms with Crippen LogP contribution in [-0.4, -0.2) is 193 Å². The molecule has 0 bridgehead atoms. The molecule has 12 N–H and O–H groups in total. The first-order valence-electron chi connectivity index (χ1n) is 35.9. The standard InChI is InChI=1S/C69H131NO18/c1-3-5-7-9-11-13-15-17-19-20-21-22-23-24-25-26-27-28-29-30-31-32-33-34-36-38-40-42-44-46-53(74)52(70-57(75)47-45-43-41-39-37-35-18-16-14-12-10-8-6-4-2)51-83-67-63(81)60(78)65(55(49-72)85-67)88-69-64(82)61(79)66(56(50-73)86-69)87-68-62(80)59(77)58(76)54(48-71)84-68/h16,18,52-56,58-69,71-74,76-82H,3-15,17,19-51H2,1-2H3,(H,70,75)/b18-16-. The zero-order valence-corrected chi connectivity index (χ0v) is 55.0. The molecule has 3 aliphatic heterocycles. The fraction of sp³-hybridized carbons (Fsp3) is 0.957. The monoisotopic (exact) mass is 1260 g/mol. The van der Waals surface area contributed by atoms with E-state index in [9.17, 15) is 61.0 Å². The van der Waals surface area contributed by atoms with Crippen LogP contribution < -0.4 is 5.32 Å². The summed E-state index contributed by atoms with van der Waals surface area (Å²) in [6.45, 7) is 1.81. The maximum absolute atomic E-state index is 13.4. The number of allylic oxidation sites excluding steroid dienone is 2. The van der Waals surface area contributed by atoms with E-state index < -0.39 is 124 Å². The van der Waals surface area contributed by atoms with E-state index in [1.165, 1.54) is 193 Å². The summed E-state index contributed by atoms with van der Waals surface area (Å²) in [5, 5.41) is 121. The van der Waals surface area contributed by atoms with E-state index >= 15 is 0 Å². The van der Waals surface area contributed by atoms with Crippen LogP contribution >= 0.6 is 0 Å². The Morgan fingerprint density at radius 2 is 0.716 bits per heavy atom. The summed E-state index contributed by atoms with van der Waals surface area (Å²) < 4.78 is 34.4. The third-order valence-corrected chi connectivity index (χ3v) is 18.3. The van der Waals surface area contributed by atoms with Crippen molar-refractivity contribution in [2.24, 2.45) is 0 Å². The van der Waals surface area contributed by atoms with Crippen LogP contribution in [0.1, 0.15) is 290 Å². The van der Waals surface area contributed by atoms with Crippen molar-refractivity contribution in [3.8, 4) is 0 Å². The minimum Gasteiger partial charge on any atom is -0.394 e. The SMILES string of the molecule is CCCCCCC/C=C\CCCCCCCC(=O)NC(COC1OC(CO)C(OC2OC(CO)C(OC3OC(CO)C(O)C(O)C3O)C(O)C2O)C(O)C1O)C(O)CCCCCCCCCCCCCCCCCCCCCCCCCCCCCCC. The predicted molar refractivity (Wildman–Crippen MR) is 342 cm³/mol. The Hall–Kier alpha value is -1.47. The molecule has 3 rings (SSSR count). The second kappa shape index (κ2) is 51.9. The fourth-order valence-electron chi connectivity index (χ4n) is 12.5. The van der Waals surface area contributed by atoms with E-state index in [1.807, 2.05) is 0 Å². The predicted octanol–water partition coefficient (Wildman–Crippen LogP) is 9.67. The molecular formula is C69H131NO18. The van der Waals surface area contributed by atoms with Gasteiger partial charge < -0.3 is 89.9 Å². The Morgan fingerprint density at radius 3 is 1.10 bits per heavy atom. The van der Waals surface area contributed by atoms with Gasteiger partial charge in [0.15, 0.2) is 18.9 Å². The smallest absolute Gasteiger partial charge is 0.220 e. The Kier molecular flexibility index (Phi) is 47.6. The Balaban J connectivity index is 1.38. The van der Waals surface area contributed by atoms with Gasteiger partial charge in [0, 0.05) is 6.42 Å². The zero-order chi connectivity index (χ0) is 64.0. The van der Waals surface area contributed by atoms with Gasteiger partial charge in [0.1, 0.15) is 73.2 Å². The van der Waals surface area contributed by atoms with Crippen molar-refractivity contribution in [2.75, 3.05) is 26.4 Å². The van der Waals surface area contributed by atoms with Gasteiger partial charge in [-0.05, 0) is 38.5 Å². The quantitative estimate of drug-likeness (QED) is 0.0199. The van der Waals surface area contributed by atoms with Gasteiger partial charge in [0.05, 0.1) is 38.6 Å². The first kappa shape index (κ1) is 80.8. The lowest BCUT2D eigenvalue weighted by Gasteiger charge is -2.48. The molecule has 3 saturated heterocycles. The van der Waals surface area contributed by atoms with Crippen molar-refractivity contribution in [1.29, 1.82) is 0 Å². The van der Waals surface area contributed by atoms with E-state index in [0.717, 1.165) is 64.2 Å². The van der Waals surface area contributed by atoms with Crippen LogP contribution in [-0.2, 0) is 33.2 Å². The van der Waals surface area contributed by atoms with E-state index in [-0.39, 0.29) is 18.9 Å². The van der Waals surface area contributed by atoms with Crippen molar-refractivity contribution >= 4 is 5.91 Å². The normalized spacial score (nSPS) is 28.4. The van der Waals surface area contributed by atoms with E-state index in [4.69, 9.17) is 28.4 Å². The summed E-state index contributed by atoms with van der Waals surface area (Å²) in [5.74, 6) is -0.248. The molecule has 3 fully saturated rings. The molecule has 0 aliphatic carbocycles. The van der Waals surface area contributed by atoms with Crippen LogP contribution in [0, 0.1) is 0 Å². The molecule has 3 aliphatic rings. The van der Waals surface area contributed by atoms with Crippen LogP contribution in [0.15, 0.2) is 12.2 Å². The van der Waals surface area contributed by atoms with Gasteiger partial charge >= 0.3 is 0 Å². The third-order valence-electron chi connectivity index (χ3n) is 18.3. The van der Waals surface area contributed by atoms with Crippen LogP contribution in [0.2, 0.25) is 0 Å².